The number of aryl methyl sites for hydroxylation is 1. The average Bonchev–Trinajstić information content (AvgIpc) is 3.03. The van der Waals surface area contributed by atoms with Crippen molar-refractivity contribution in [3.8, 4) is 5.69 Å². The lowest BCUT2D eigenvalue weighted by atomic mass is 9.97. The second-order valence-electron chi connectivity index (χ2n) is 7.34. The Labute approximate surface area is 171 Å². The average molecular weight is 396 g/mol. The van der Waals surface area contributed by atoms with Gasteiger partial charge in [0.25, 0.3) is 5.91 Å². The summed E-state index contributed by atoms with van der Waals surface area (Å²) < 4.78 is 6.83. The molecular weight excluding hydrogens is 366 g/mol. The maximum Gasteiger partial charge on any atom is 0.341 e. The van der Waals surface area contributed by atoms with Crippen LogP contribution in [-0.2, 0) is 4.74 Å². The highest BCUT2D eigenvalue weighted by Crippen LogP contribution is 2.20. The van der Waals surface area contributed by atoms with E-state index in [2.05, 4.69) is 16.5 Å². The van der Waals surface area contributed by atoms with Crippen molar-refractivity contribution >= 4 is 11.9 Å². The Kier molecular flexibility index (Phi) is 6.86. The molecule has 1 heterocycles. The number of benzene rings is 1. The lowest BCUT2D eigenvalue weighted by Crippen LogP contribution is -2.24. The minimum absolute atomic E-state index is 0.0754. The molecule has 1 aromatic heterocycles. The molecule has 0 fully saturated rings. The highest BCUT2D eigenvalue weighted by Gasteiger charge is 2.20. The third-order valence-electron chi connectivity index (χ3n) is 5.26. The van der Waals surface area contributed by atoms with Crippen molar-refractivity contribution in [1.82, 2.24) is 15.1 Å². The molecule has 0 unspecified atom stereocenters. The van der Waals surface area contributed by atoms with Crippen molar-refractivity contribution in [2.24, 2.45) is 0 Å². The Morgan fingerprint density at radius 3 is 2.59 bits per heavy atom. The van der Waals surface area contributed by atoms with Gasteiger partial charge >= 0.3 is 5.97 Å². The Balaban J connectivity index is 1.65. The number of esters is 1. The zero-order valence-electron chi connectivity index (χ0n) is 17.5. The van der Waals surface area contributed by atoms with Gasteiger partial charge in [-0.25, -0.2) is 9.48 Å². The normalized spacial score (nSPS) is 13.7. The SMILES string of the molecule is CCOC(=O)c1c(C)nn(-c2ccc(C(=O)NCCC3=CCCCC3)cc2)c1C. The number of amides is 1. The number of carbonyl (C=O) groups is 2. The summed E-state index contributed by atoms with van der Waals surface area (Å²) in [4.78, 5) is 24.6. The zero-order valence-corrected chi connectivity index (χ0v) is 17.5. The summed E-state index contributed by atoms with van der Waals surface area (Å²) in [5.41, 5.74) is 4.70. The second-order valence-corrected chi connectivity index (χ2v) is 7.34. The Hall–Kier alpha value is -2.89. The van der Waals surface area contributed by atoms with E-state index in [4.69, 9.17) is 4.74 Å². The monoisotopic (exact) mass is 395 g/mol. The number of aromatic nitrogens is 2. The van der Waals surface area contributed by atoms with Gasteiger partial charge in [-0.2, -0.15) is 5.10 Å². The first-order valence-corrected chi connectivity index (χ1v) is 10.3. The number of carbonyl (C=O) groups excluding carboxylic acids is 2. The summed E-state index contributed by atoms with van der Waals surface area (Å²) in [6.07, 6.45) is 8.08. The molecule has 1 N–H and O–H groups in total. The van der Waals surface area contributed by atoms with Gasteiger partial charge in [-0.15, -0.1) is 0 Å². The summed E-state index contributed by atoms with van der Waals surface area (Å²) in [5.74, 6) is -0.439. The number of nitrogens with one attached hydrogen (secondary N) is 1. The van der Waals surface area contributed by atoms with Crippen molar-refractivity contribution < 1.29 is 14.3 Å². The third kappa shape index (κ3) is 4.94. The van der Waals surface area contributed by atoms with Crippen LogP contribution >= 0.6 is 0 Å². The number of rotatable bonds is 7. The maximum atomic E-state index is 12.4. The van der Waals surface area contributed by atoms with Gasteiger partial charge in [-0.05, 0) is 77.1 Å². The summed E-state index contributed by atoms with van der Waals surface area (Å²) >= 11 is 0. The maximum absolute atomic E-state index is 12.4. The van der Waals surface area contributed by atoms with Crippen LogP contribution in [0.2, 0.25) is 0 Å². The van der Waals surface area contributed by atoms with Gasteiger partial charge in [0, 0.05) is 12.1 Å². The van der Waals surface area contributed by atoms with E-state index in [0.717, 1.165) is 30.6 Å². The predicted molar refractivity (Wildman–Crippen MR) is 112 cm³/mol. The lowest BCUT2D eigenvalue weighted by Gasteiger charge is -2.13. The molecule has 6 nitrogen and oxygen atoms in total. The number of allylic oxidation sites excluding steroid dienone is 1. The largest absolute Gasteiger partial charge is 0.462 e. The van der Waals surface area contributed by atoms with E-state index in [1.165, 1.54) is 18.4 Å². The van der Waals surface area contributed by atoms with E-state index in [1.807, 2.05) is 19.1 Å². The van der Waals surface area contributed by atoms with Crippen LogP contribution in [0.3, 0.4) is 0 Å². The van der Waals surface area contributed by atoms with Crippen molar-refractivity contribution in [3.63, 3.8) is 0 Å². The summed E-state index contributed by atoms with van der Waals surface area (Å²) in [5, 5.41) is 7.46. The first kappa shape index (κ1) is 20.8. The van der Waals surface area contributed by atoms with Gasteiger partial charge in [-0.1, -0.05) is 11.6 Å². The predicted octanol–water partition coefficient (Wildman–Crippen LogP) is 4.29. The van der Waals surface area contributed by atoms with Crippen LogP contribution in [0.1, 0.15) is 71.1 Å². The van der Waals surface area contributed by atoms with Crippen LogP contribution in [0.25, 0.3) is 5.69 Å². The van der Waals surface area contributed by atoms with Crippen LogP contribution in [-0.4, -0.2) is 34.8 Å². The first-order chi connectivity index (χ1) is 14.0. The molecule has 0 radical (unpaired) electrons. The van der Waals surface area contributed by atoms with E-state index in [1.54, 1.807) is 30.7 Å². The second kappa shape index (κ2) is 9.54. The van der Waals surface area contributed by atoms with E-state index in [-0.39, 0.29) is 11.9 Å². The molecule has 1 aliphatic rings. The van der Waals surface area contributed by atoms with Gasteiger partial charge in [0.1, 0.15) is 5.56 Å². The van der Waals surface area contributed by atoms with Gasteiger partial charge in [0.2, 0.25) is 0 Å². The molecule has 6 heteroatoms. The highest BCUT2D eigenvalue weighted by atomic mass is 16.5. The summed E-state index contributed by atoms with van der Waals surface area (Å²) in [6, 6.07) is 7.25. The molecule has 0 spiro atoms. The quantitative estimate of drug-likeness (QED) is 0.561. The van der Waals surface area contributed by atoms with E-state index < -0.39 is 0 Å². The molecule has 154 valence electrons. The molecule has 0 saturated carbocycles. The molecule has 0 saturated heterocycles. The van der Waals surface area contributed by atoms with Crippen LogP contribution in [0.4, 0.5) is 0 Å². The number of nitrogens with zero attached hydrogens (tertiary/aromatic N) is 2. The molecule has 0 bridgehead atoms. The third-order valence-corrected chi connectivity index (χ3v) is 5.26. The summed E-state index contributed by atoms with van der Waals surface area (Å²) in [7, 11) is 0. The smallest absolute Gasteiger partial charge is 0.341 e. The lowest BCUT2D eigenvalue weighted by molar-refractivity contribution is 0.0524. The Morgan fingerprint density at radius 2 is 1.93 bits per heavy atom. The molecule has 1 amide bonds. The molecule has 1 aliphatic carbocycles. The van der Waals surface area contributed by atoms with Crippen molar-refractivity contribution in [2.45, 2.75) is 52.9 Å². The van der Waals surface area contributed by atoms with Crippen LogP contribution < -0.4 is 5.32 Å². The molecule has 29 heavy (non-hydrogen) atoms. The highest BCUT2D eigenvalue weighted by molar-refractivity contribution is 5.94. The van der Waals surface area contributed by atoms with Gasteiger partial charge in [0.15, 0.2) is 0 Å². The zero-order chi connectivity index (χ0) is 20.8. The van der Waals surface area contributed by atoms with E-state index >= 15 is 0 Å². The number of hydrogen-bond donors (Lipinski definition) is 1. The molecule has 1 aromatic carbocycles. The molecule has 0 atom stereocenters. The van der Waals surface area contributed by atoms with Gasteiger partial charge in [-0.3, -0.25) is 4.79 Å². The van der Waals surface area contributed by atoms with Crippen LogP contribution in [0.5, 0.6) is 0 Å². The Bertz CT molecular complexity index is 910. The molecule has 3 rings (SSSR count). The summed E-state index contributed by atoms with van der Waals surface area (Å²) in [6.45, 7) is 6.39. The topological polar surface area (TPSA) is 73.2 Å². The number of hydrogen-bond acceptors (Lipinski definition) is 4. The molecular formula is C23H29N3O3. The van der Waals surface area contributed by atoms with Crippen molar-refractivity contribution in [3.05, 3.63) is 58.4 Å². The fourth-order valence-electron chi connectivity index (χ4n) is 3.72. The fourth-order valence-corrected chi connectivity index (χ4v) is 3.72. The minimum atomic E-state index is -0.363. The minimum Gasteiger partial charge on any atom is -0.462 e. The molecule has 2 aromatic rings. The van der Waals surface area contributed by atoms with Crippen LogP contribution in [0.15, 0.2) is 35.9 Å². The van der Waals surface area contributed by atoms with E-state index in [0.29, 0.717) is 30.0 Å². The van der Waals surface area contributed by atoms with Crippen LogP contribution in [0, 0.1) is 13.8 Å². The van der Waals surface area contributed by atoms with E-state index in [9.17, 15) is 9.59 Å². The Morgan fingerprint density at radius 1 is 1.17 bits per heavy atom. The standard InChI is InChI=1S/C23H29N3O3/c1-4-29-23(28)21-16(2)25-26(17(21)3)20-12-10-19(11-13-20)22(27)24-15-14-18-8-6-5-7-9-18/h8,10-13H,4-7,9,14-15H2,1-3H3,(H,24,27). The fraction of sp³-hybridized carbons (Fsp3) is 0.435. The molecule has 0 aliphatic heterocycles. The number of ether oxygens (including phenoxy) is 1. The van der Waals surface area contributed by atoms with Gasteiger partial charge in [0.05, 0.1) is 23.7 Å². The van der Waals surface area contributed by atoms with Gasteiger partial charge < -0.3 is 10.1 Å². The van der Waals surface area contributed by atoms with Crippen molar-refractivity contribution in [2.75, 3.05) is 13.2 Å². The first-order valence-electron chi connectivity index (χ1n) is 10.3. The van der Waals surface area contributed by atoms with Crippen molar-refractivity contribution in [1.29, 1.82) is 0 Å².